The Hall–Kier alpha value is -2.97. The maximum Gasteiger partial charge on any atom is 0.266 e. The van der Waals surface area contributed by atoms with Gasteiger partial charge in [-0.3, -0.25) is 4.79 Å². The van der Waals surface area contributed by atoms with Gasteiger partial charge in [0, 0.05) is 21.8 Å². The van der Waals surface area contributed by atoms with Gasteiger partial charge in [-0.1, -0.05) is 23.7 Å². The van der Waals surface area contributed by atoms with Crippen LogP contribution >= 0.6 is 11.6 Å². The molecule has 3 rings (SSSR count). The van der Waals surface area contributed by atoms with E-state index in [0.717, 1.165) is 18.2 Å². The normalized spacial score (nSPS) is 10.4. The quantitative estimate of drug-likeness (QED) is 0.744. The molecule has 0 fully saturated rings. The summed E-state index contributed by atoms with van der Waals surface area (Å²) in [5.41, 5.74) is -0.0785. The molecule has 0 bridgehead atoms. The molecule has 0 spiro atoms. The minimum atomic E-state index is -0.722. The van der Waals surface area contributed by atoms with Crippen molar-refractivity contribution in [3.05, 3.63) is 81.1 Å². The third-order valence-corrected chi connectivity index (χ3v) is 3.77. The number of halogens is 3. The summed E-state index contributed by atoms with van der Waals surface area (Å²) in [4.78, 5) is 14.8. The lowest BCUT2D eigenvalue weighted by atomic mass is 9.98. The number of aromatic amines is 1. The van der Waals surface area contributed by atoms with Crippen LogP contribution in [0, 0.1) is 23.0 Å². The maximum atomic E-state index is 14.1. The molecule has 0 amide bonds. The van der Waals surface area contributed by atoms with Gasteiger partial charge in [-0.2, -0.15) is 5.26 Å². The highest BCUT2D eigenvalue weighted by Crippen LogP contribution is 2.29. The molecule has 1 aromatic heterocycles. The van der Waals surface area contributed by atoms with Crippen LogP contribution in [0.3, 0.4) is 0 Å². The lowest BCUT2D eigenvalue weighted by Gasteiger charge is -2.09. The SMILES string of the molecule is N#Cc1c(-c2cc(F)ccc2F)cc(-c2ccc(Cl)cc2)[nH]c1=O. The first kappa shape index (κ1) is 15.9. The lowest BCUT2D eigenvalue weighted by Crippen LogP contribution is -2.13. The van der Waals surface area contributed by atoms with Gasteiger partial charge in [0.1, 0.15) is 23.3 Å². The van der Waals surface area contributed by atoms with E-state index in [2.05, 4.69) is 4.98 Å². The Bertz CT molecular complexity index is 1020. The Morgan fingerprint density at radius 2 is 1.71 bits per heavy atom. The average molecular weight is 343 g/mol. The number of nitrogens with one attached hydrogen (secondary N) is 1. The highest BCUT2D eigenvalue weighted by atomic mass is 35.5. The summed E-state index contributed by atoms with van der Waals surface area (Å²) in [5, 5.41) is 9.73. The first-order valence-corrected chi connectivity index (χ1v) is 7.26. The number of pyridine rings is 1. The molecule has 0 saturated carbocycles. The van der Waals surface area contributed by atoms with Gasteiger partial charge in [-0.15, -0.1) is 0 Å². The van der Waals surface area contributed by atoms with Gasteiger partial charge in [0.25, 0.3) is 5.56 Å². The number of nitriles is 1. The van der Waals surface area contributed by atoms with Crippen LogP contribution in [-0.4, -0.2) is 4.98 Å². The average Bonchev–Trinajstić information content (AvgIpc) is 2.57. The fourth-order valence-corrected chi connectivity index (χ4v) is 2.50. The molecule has 0 aliphatic heterocycles. The van der Waals surface area contributed by atoms with E-state index in [1.807, 2.05) is 0 Å². The van der Waals surface area contributed by atoms with Crippen LogP contribution in [-0.2, 0) is 0 Å². The van der Waals surface area contributed by atoms with Crippen LogP contribution < -0.4 is 5.56 Å². The standard InChI is InChI=1S/C18H9ClF2N2O/c19-11-3-1-10(2-4-11)17-8-13(15(9-22)18(24)23-17)14-7-12(20)5-6-16(14)21/h1-8H,(H,23,24). The summed E-state index contributed by atoms with van der Waals surface area (Å²) >= 11 is 5.84. The predicted molar refractivity (Wildman–Crippen MR) is 87.6 cm³/mol. The van der Waals surface area contributed by atoms with Crippen molar-refractivity contribution in [1.29, 1.82) is 5.26 Å². The van der Waals surface area contributed by atoms with Gasteiger partial charge in [-0.05, 0) is 42.0 Å². The number of hydrogen-bond donors (Lipinski definition) is 1. The molecule has 0 aliphatic rings. The Balaban J connectivity index is 2.29. The van der Waals surface area contributed by atoms with Crippen molar-refractivity contribution in [2.45, 2.75) is 0 Å². The number of nitrogens with zero attached hydrogens (tertiary/aromatic N) is 1. The first-order chi connectivity index (χ1) is 11.5. The first-order valence-electron chi connectivity index (χ1n) is 6.88. The number of aromatic nitrogens is 1. The fourth-order valence-electron chi connectivity index (χ4n) is 2.37. The zero-order valence-corrected chi connectivity index (χ0v) is 12.9. The number of benzene rings is 2. The van der Waals surface area contributed by atoms with Crippen LogP contribution in [0.25, 0.3) is 22.4 Å². The van der Waals surface area contributed by atoms with Crippen LogP contribution in [0.1, 0.15) is 5.56 Å². The molecular formula is C18H9ClF2N2O. The van der Waals surface area contributed by atoms with Crippen molar-refractivity contribution >= 4 is 11.6 Å². The van der Waals surface area contributed by atoms with Gasteiger partial charge in [0.15, 0.2) is 0 Å². The highest BCUT2D eigenvalue weighted by Gasteiger charge is 2.16. The van der Waals surface area contributed by atoms with E-state index >= 15 is 0 Å². The monoisotopic (exact) mass is 342 g/mol. The third-order valence-electron chi connectivity index (χ3n) is 3.52. The molecule has 0 saturated heterocycles. The van der Waals surface area contributed by atoms with Gasteiger partial charge in [0.05, 0.1) is 0 Å². The van der Waals surface area contributed by atoms with Gasteiger partial charge in [-0.25, -0.2) is 8.78 Å². The molecule has 2 aromatic carbocycles. The molecule has 24 heavy (non-hydrogen) atoms. The molecule has 0 unspecified atom stereocenters. The van der Waals surface area contributed by atoms with Gasteiger partial charge >= 0.3 is 0 Å². The third kappa shape index (κ3) is 2.92. The zero-order valence-electron chi connectivity index (χ0n) is 12.1. The van der Waals surface area contributed by atoms with E-state index < -0.39 is 17.2 Å². The molecular weight excluding hydrogens is 334 g/mol. The zero-order chi connectivity index (χ0) is 17.3. The topological polar surface area (TPSA) is 56.6 Å². The van der Waals surface area contributed by atoms with E-state index in [9.17, 15) is 18.8 Å². The van der Waals surface area contributed by atoms with Gasteiger partial charge in [0.2, 0.25) is 0 Å². The minimum Gasteiger partial charge on any atom is -0.321 e. The second kappa shape index (κ2) is 6.26. The summed E-state index contributed by atoms with van der Waals surface area (Å²) in [7, 11) is 0. The second-order valence-electron chi connectivity index (χ2n) is 5.04. The molecule has 6 heteroatoms. The largest absolute Gasteiger partial charge is 0.321 e. The van der Waals surface area contributed by atoms with Crippen LogP contribution in [0.5, 0.6) is 0 Å². The summed E-state index contributed by atoms with van der Waals surface area (Å²) in [6, 6.07) is 12.7. The summed E-state index contributed by atoms with van der Waals surface area (Å²) in [6.07, 6.45) is 0. The number of hydrogen-bond acceptors (Lipinski definition) is 2. The van der Waals surface area contributed by atoms with Crippen molar-refractivity contribution < 1.29 is 8.78 Å². The van der Waals surface area contributed by atoms with Crippen molar-refractivity contribution in [2.24, 2.45) is 0 Å². The Kier molecular flexibility index (Phi) is 4.15. The molecule has 3 nitrogen and oxygen atoms in total. The number of H-pyrrole nitrogens is 1. The molecule has 118 valence electrons. The van der Waals surface area contributed by atoms with E-state index in [1.54, 1.807) is 30.3 Å². The fraction of sp³-hybridized carbons (Fsp3) is 0. The molecule has 0 aliphatic carbocycles. The predicted octanol–water partition coefficient (Wildman–Crippen LogP) is 4.51. The molecule has 0 atom stereocenters. The summed E-state index contributed by atoms with van der Waals surface area (Å²) in [5.74, 6) is -1.39. The summed E-state index contributed by atoms with van der Waals surface area (Å²) < 4.78 is 27.6. The van der Waals surface area contributed by atoms with E-state index in [1.165, 1.54) is 6.07 Å². The van der Waals surface area contributed by atoms with Crippen molar-refractivity contribution in [2.75, 3.05) is 0 Å². The van der Waals surface area contributed by atoms with E-state index in [-0.39, 0.29) is 16.7 Å². The second-order valence-corrected chi connectivity index (χ2v) is 5.48. The van der Waals surface area contributed by atoms with Crippen molar-refractivity contribution in [1.82, 2.24) is 4.98 Å². The highest BCUT2D eigenvalue weighted by molar-refractivity contribution is 6.30. The molecule has 1 heterocycles. The van der Waals surface area contributed by atoms with E-state index in [4.69, 9.17) is 11.6 Å². The Morgan fingerprint density at radius 1 is 1.00 bits per heavy atom. The van der Waals surface area contributed by atoms with Crippen molar-refractivity contribution in [3.63, 3.8) is 0 Å². The lowest BCUT2D eigenvalue weighted by molar-refractivity contribution is 0.603. The Morgan fingerprint density at radius 3 is 2.38 bits per heavy atom. The molecule has 1 N–H and O–H groups in total. The maximum absolute atomic E-state index is 14.1. The number of rotatable bonds is 2. The molecule has 3 aromatic rings. The van der Waals surface area contributed by atoms with Crippen LogP contribution in [0.15, 0.2) is 53.3 Å². The van der Waals surface area contributed by atoms with E-state index in [0.29, 0.717) is 16.3 Å². The minimum absolute atomic E-state index is 0.0307. The van der Waals surface area contributed by atoms with Crippen LogP contribution in [0.4, 0.5) is 8.78 Å². The van der Waals surface area contributed by atoms with Crippen LogP contribution in [0.2, 0.25) is 5.02 Å². The smallest absolute Gasteiger partial charge is 0.266 e. The summed E-state index contributed by atoms with van der Waals surface area (Å²) in [6.45, 7) is 0. The Labute approximate surface area is 140 Å². The van der Waals surface area contributed by atoms with Gasteiger partial charge < -0.3 is 4.98 Å². The molecule has 0 radical (unpaired) electrons. The van der Waals surface area contributed by atoms with Crippen molar-refractivity contribution in [3.8, 4) is 28.5 Å².